The van der Waals surface area contributed by atoms with Crippen LogP contribution in [0, 0.1) is 0 Å². The second-order valence-electron chi connectivity index (χ2n) is 4.63. The van der Waals surface area contributed by atoms with Crippen LogP contribution in [-0.4, -0.2) is 29.2 Å². The number of primary sulfonamides is 2. The number of nitrogens with two attached hydrogens (primary N) is 3. The first-order valence-corrected chi connectivity index (χ1v) is 8.66. The molecule has 0 unspecified atom stereocenters. The van der Waals surface area contributed by atoms with Crippen molar-refractivity contribution in [3.63, 3.8) is 0 Å². The molecular weight excluding hydrogens is 411 g/mol. The molecule has 0 bridgehead atoms. The van der Waals surface area contributed by atoms with Crippen LogP contribution in [0.5, 0.6) is 0 Å². The predicted octanol–water partition coefficient (Wildman–Crippen LogP) is 0.853. The molecule has 0 fully saturated rings. The number of alkyl halides is 7. The van der Waals surface area contributed by atoms with Crippen molar-refractivity contribution in [3.8, 4) is 0 Å². The van der Waals surface area contributed by atoms with E-state index in [0.717, 1.165) is 0 Å². The van der Waals surface area contributed by atoms with E-state index >= 15 is 0 Å². The number of anilines is 1. The average molecular weight is 419 g/mol. The summed E-state index contributed by atoms with van der Waals surface area (Å²) >= 11 is 0. The van der Waals surface area contributed by atoms with E-state index in [-0.39, 0.29) is 6.07 Å². The molecule has 7 nitrogen and oxygen atoms in total. The molecule has 25 heavy (non-hydrogen) atoms. The molecule has 1 aromatic rings. The van der Waals surface area contributed by atoms with Crippen molar-refractivity contribution in [1.82, 2.24) is 0 Å². The fourth-order valence-corrected chi connectivity index (χ4v) is 3.33. The van der Waals surface area contributed by atoms with Gasteiger partial charge in [-0.1, -0.05) is 0 Å². The van der Waals surface area contributed by atoms with E-state index in [9.17, 15) is 47.6 Å². The molecule has 0 aliphatic carbocycles. The molecule has 0 amide bonds. The highest BCUT2D eigenvalue weighted by molar-refractivity contribution is 7.90. The van der Waals surface area contributed by atoms with Crippen LogP contribution in [0.4, 0.5) is 36.4 Å². The summed E-state index contributed by atoms with van der Waals surface area (Å²) in [5.74, 6) is 0. The lowest BCUT2D eigenvalue weighted by atomic mass is 9.93. The number of hydrogen-bond donors (Lipinski definition) is 3. The topological polar surface area (TPSA) is 146 Å². The summed E-state index contributed by atoms with van der Waals surface area (Å²) in [7, 11) is -10.3. The minimum absolute atomic E-state index is 0.277. The summed E-state index contributed by atoms with van der Waals surface area (Å²) in [6.07, 6.45) is -13.4. The number of halogens is 7. The lowest BCUT2D eigenvalue weighted by Gasteiger charge is -2.31. The lowest BCUT2D eigenvalue weighted by Crippen LogP contribution is -2.51. The average Bonchev–Trinajstić information content (AvgIpc) is 2.31. The maximum Gasteiger partial charge on any atom is 0.435 e. The second kappa shape index (κ2) is 5.68. The SMILES string of the molecule is Nc1cc(C(F)(C(F)(F)F)C(F)(F)F)c(S(N)(=O)=O)cc1S(N)(=O)=O. The Kier molecular flexibility index (Phi) is 4.86. The molecule has 1 rings (SSSR count). The number of sulfonamides is 2. The molecule has 0 spiro atoms. The van der Waals surface area contributed by atoms with Gasteiger partial charge in [0, 0.05) is 5.56 Å². The van der Waals surface area contributed by atoms with Crippen LogP contribution in [0.1, 0.15) is 5.56 Å². The van der Waals surface area contributed by atoms with Crippen molar-refractivity contribution in [3.05, 3.63) is 17.7 Å². The summed E-state index contributed by atoms with van der Waals surface area (Å²) in [6.45, 7) is 0. The Labute approximate surface area is 135 Å². The third-order valence-corrected chi connectivity index (χ3v) is 4.79. The molecule has 0 saturated heterocycles. The monoisotopic (exact) mass is 419 g/mol. The standard InChI is InChI=1S/C9H8F7N3O4S2/c10-7(8(11,12)13,9(14,15)16)3-1-4(17)6(25(19,22)23)2-5(3)24(18,20)21/h1-2H,17H2,(H2,18,20,21)(H2,19,22,23). The lowest BCUT2D eigenvalue weighted by molar-refractivity contribution is -0.349. The zero-order valence-electron chi connectivity index (χ0n) is 11.5. The fourth-order valence-electron chi connectivity index (χ4n) is 1.80. The van der Waals surface area contributed by atoms with Crippen LogP contribution >= 0.6 is 0 Å². The molecule has 6 N–H and O–H groups in total. The highest BCUT2D eigenvalue weighted by atomic mass is 32.2. The molecule has 0 saturated carbocycles. The summed E-state index contributed by atoms with van der Waals surface area (Å²) in [4.78, 5) is -3.45. The minimum atomic E-state index is -6.68. The van der Waals surface area contributed by atoms with Gasteiger partial charge in [0.05, 0.1) is 10.6 Å². The first-order chi connectivity index (χ1) is 10.7. The molecule has 0 heterocycles. The van der Waals surface area contributed by atoms with Gasteiger partial charge in [-0.2, -0.15) is 26.3 Å². The van der Waals surface area contributed by atoms with Crippen molar-refractivity contribution in [1.29, 1.82) is 0 Å². The Morgan fingerprint density at radius 3 is 1.36 bits per heavy atom. The zero-order chi connectivity index (χ0) is 20.2. The van der Waals surface area contributed by atoms with Crippen LogP contribution in [0.15, 0.2) is 21.9 Å². The quantitative estimate of drug-likeness (QED) is 0.491. The van der Waals surface area contributed by atoms with E-state index in [1.54, 1.807) is 0 Å². The van der Waals surface area contributed by atoms with Gasteiger partial charge in [-0.25, -0.2) is 31.5 Å². The highest BCUT2D eigenvalue weighted by Gasteiger charge is 2.74. The highest BCUT2D eigenvalue weighted by Crippen LogP contribution is 2.55. The molecule has 0 aliphatic heterocycles. The van der Waals surface area contributed by atoms with Crippen LogP contribution in [0.3, 0.4) is 0 Å². The van der Waals surface area contributed by atoms with Crippen LogP contribution in [0.25, 0.3) is 0 Å². The summed E-state index contributed by atoms with van der Waals surface area (Å²) in [5, 5.41) is 9.12. The van der Waals surface area contributed by atoms with Crippen LogP contribution in [0.2, 0.25) is 0 Å². The number of nitrogen functional groups attached to an aromatic ring is 1. The van der Waals surface area contributed by atoms with Gasteiger partial charge in [-0.15, -0.1) is 0 Å². The van der Waals surface area contributed by atoms with Gasteiger partial charge < -0.3 is 5.73 Å². The Balaban J connectivity index is 4.16. The fraction of sp³-hybridized carbons (Fsp3) is 0.333. The van der Waals surface area contributed by atoms with Gasteiger partial charge >= 0.3 is 18.0 Å². The molecule has 0 radical (unpaired) electrons. The predicted molar refractivity (Wildman–Crippen MR) is 68.5 cm³/mol. The maximum atomic E-state index is 14.1. The Hall–Kier alpha value is -1.65. The van der Waals surface area contributed by atoms with Gasteiger partial charge in [0.15, 0.2) is 0 Å². The van der Waals surface area contributed by atoms with E-state index in [4.69, 9.17) is 5.73 Å². The van der Waals surface area contributed by atoms with Gasteiger partial charge in [-0.05, 0) is 12.1 Å². The molecule has 16 heteroatoms. The number of rotatable bonds is 3. The first-order valence-electron chi connectivity index (χ1n) is 5.56. The number of benzene rings is 1. The molecule has 144 valence electrons. The van der Waals surface area contributed by atoms with Gasteiger partial charge in [0.25, 0.3) is 0 Å². The number of hydrogen-bond acceptors (Lipinski definition) is 5. The minimum Gasteiger partial charge on any atom is -0.398 e. The van der Waals surface area contributed by atoms with Gasteiger partial charge in [-0.3, -0.25) is 0 Å². The third kappa shape index (κ3) is 3.65. The maximum absolute atomic E-state index is 14.1. The molecule has 0 aliphatic rings. The van der Waals surface area contributed by atoms with Crippen molar-refractivity contribution in [2.75, 3.05) is 5.73 Å². The normalized spacial score (nSPS) is 14.6. The van der Waals surface area contributed by atoms with Crippen molar-refractivity contribution < 1.29 is 47.6 Å². The summed E-state index contributed by atoms with van der Waals surface area (Å²) < 4.78 is 136. The van der Waals surface area contributed by atoms with E-state index in [0.29, 0.717) is 0 Å². The van der Waals surface area contributed by atoms with Gasteiger partial charge in [0.2, 0.25) is 20.0 Å². The van der Waals surface area contributed by atoms with Crippen molar-refractivity contribution >= 4 is 25.7 Å². The largest absolute Gasteiger partial charge is 0.435 e. The molecule has 0 aromatic heterocycles. The van der Waals surface area contributed by atoms with E-state index in [1.165, 1.54) is 0 Å². The molecule has 0 atom stereocenters. The van der Waals surface area contributed by atoms with Crippen molar-refractivity contribution in [2.24, 2.45) is 10.3 Å². The summed E-state index contributed by atoms with van der Waals surface area (Å²) in [5.41, 5.74) is -5.08. The molecule has 1 aromatic carbocycles. The van der Waals surface area contributed by atoms with E-state index in [1.807, 2.05) is 0 Å². The Morgan fingerprint density at radius 1 is 0.720 bits per heavy atom. The van der Waals surface area contributed by atoms with E-state index < -0.39 is 65.2 Å². The van der Waals surface area contributed by atoms with E-state index in [2.05, 4.69) is 10.3 Å². The summed E-state index contributed by atoms with van der Waals surface area (Å²) in [6, 6.07) is -0.721. The van der Waals surface area contributed by atoms with Gasteiger partial charge in [0.1, 0.15) is 4.90 Å². The van der Waals surface area contributed by atoms with Crippen molar-refractivity contribution in [2.45, 2.75) is 27.8 Å². The second-order valence-corrected chi connectivity index (χ2v) is 7.69. The Morgan fingerprint density at radius 2 is 1.08 bits per heavy atom. The zero-order valence-corrected chi connectivity index (χ0v) is 13.1. The van der Waals surface area contributed by atoms with Crippen LogP contribution < -0.4 is 16.0 Å². The smallest absolute Gasteiger partial charge is 0.398 e. The third-order valence-electron chi connectivity index (χ3n) is 2.88. The Bertz CT molecular complexity index is 892. The first kappa shape index (κ1) is 21.4. The van der Waals surface area contributed by atoms with Crippen LogP contribution in [-0.2, 0) is 25.7 Å². The molecular formula is C9H8F7N3O4S2.